The quantitative estimate of drug-likeness (QED) is 0.319. The van der Waals surface area contributed by atoms with E-state index in [1.807, 2.05) is 5.38 Å². The van der Waals surface area contributed by atoms with Gasteiger partial charge in [0.15, 0.2) is 18.0 Å². The van der Waals surface area contributed by atoms with Gasteiger partial charge in [-0.3, -0.25) is 9.59 Å². The lowest BCUT2D eigenvalue weighted by atomic mass is 9.94. The summed E-state index contributed by atoms with van der Waals surface area (Å²) in [7, 11) is 0. The van der Waals surface area contributed by atoms with Crippen molar-refractivity contribution in [2.45, 2.75) is 38.5 Å². The Hall–Kier alpha value is -3.51. The minimum Gasteiger partial charge on any atom is -0.464 e. The number of carbonyl (C=O) groups is 3. The van der Waals surface area contributed by atoms with Gasteiger partial charge in [-0.2, -0.15) is 0 Å². The molecule has 3 heterocycles. The fourth-order valence-electron chi connectivity index (χ4n) is 3.39. The topological polar surface area (TPSA) is 129 Å². The number of halogens is 1. The zero-order valence-corrected chi connectivity index (χ0v) is 19.0. The Morgan fingerprint density at radius 1 is 1.24 bits per heavy atom. The van der Waals surface area contributed by atoms with Crippen LogP contribution in [0, 0.1) is 11.7 Å². The van der Waals surface area contributed by atoms with Gasteiger partial charge >= 0.3 is 5.97 Å². The molecule has 178 valence electrons. The average Bonchev–Trinajstić information content (AvgIpc) is 3.21. The number of epoxide rings is 1. The summed E-state index contributed by atoms with van der Waals surface area (Å²) in [5, 5.41) is 12.6. The van der Waals surface area contributed by atoms with Crippen LogP contribution in [0.25, 0.3) is 5.69 Å². The normalized spacial score (nSPS) is 17.7. The van der Waals surface area contributed by atoms with Crippen LogP contribution >= 0.6 is 11.3 Å². The second-order valence-electron chi connectivity index (χ2n) is 7.63. The van der Waals surface area contributed by atoms with Crippen LogP contribution in [0.15, 0.2) is 41.4 Å². The maximum absolute atomic E-state index is 13.1. The smallest absolute Gasteiger partial charge is 0.338 e. The number of hydrogen-bond acceptors (Lipinski definition) is 9. The molecule has 1 aromatic carbocycles. The molecular formula is C22H22FN5O5S. The summed E-state index contributed by atoms with van der Waals surface area (Å²) in [6, 6.07) is 5.75. The highest BCUT2D eigenvalue weighted by Crippen LogP contribution is 2.27. The van der Waals surface area contributed by atoms with Crippen molar-refractivity contribution in [2.75, 3.05) is 6.61 Å². The van der Waals surface area contributed by atoms with Crippen molar-refractivity contribution in [2.24, 2.45) is 5.92 Å². The van der Waals surface area contributed by atoms with Gasteiger partial charge in [0.1, 0.15) is 11.5 Å². The molecule has 0 spiro atoms. The van der Waals surface area contributed by atoms with E-state index in [0.29, 0.717) is 17.1 Å². The predicted octanol–water partition coefficient (Wildman–Crippen LogP) is 1.63. The van der Waals surface area contributed by atoms with Crippen molar-refractivity contribution in [3.8, 4) is 5.69 Å². The van der Waals surface area contributed by atoms with Gasteiger partial charge in [0.25, 0.3) is 0 Å². The number of carbonyl (C=O) groups excluding carboxylic acids is 3. The number of aromatic nitrogens is 4. The third-order valence-corrected chi connectivity index (χ3v) is 5.80. The molecule has 0 unspecified atom stereocenters. The number of rotatable bonds is 11. The summed E-state index contributed by atoms with van der Waals surface area (Å²) in [6.45, 7) is 1.96. The molecule has 1 N–H and O–H groups in total. The molecule has 1 fully saturated rings. The fourth-order valence-corrected chi connectivity index (χ4v) is 3.96. The molecule has 4 rings (SSSR count). The van der Waals surface area contributed by atoms with Crippen LogP contribution in [-0.4, -0.2) is 56.5 Å². The fraction of sp³-hybridized carbons (Fsp3) is 0.364. The molecule has 3 atom stereocenters. The molecule has 1 amide bonds. The van der Waals surface area contributed by atoms with Crippen LogP contribution in [0.2, 0.25) is 0 Å². The van der Waals surface area contributed by atoms with Crippen molar-refractivity contribution in [1.82, 2.24) is 25.3 Å². The number of amides is 1. The Morgan fingerprint density at radius 3 is 2.74 bits per heavy atom. The highest BCUT2D eigenvalue weighted by Gasteiger charge is 2.51. The van der Waals surface area contributed by atoms with Crippen LogP contribution in [0.3, 0.4) is 0 Å². The SMILES string of the molecule is CCOC(=O)[C@H]1O[C@@H]1C(=O)C[C@@H](Cc1cscn1)C(=O)NCc1cn(-c2ccc(F)cc2)nn1. The first kappa shape index (κ1) is 23.6. The molecule has 1 aliphatic heterocycles. The van der Waals surface area contributed by atoms with E-state index in [-0.39, 0.29) is 43.5 Å². The highest BCUT2D eigenvalue weighted by atomic mass is 32.1. The molecule has 10 nitrogen and oxygen atoms in total. The molecule has 2 aromatic heterocycles. The summed E-state index contributed by atoms with van der Waals surface area (Å²) >= 11 is 1.39. The van der Waals surface area contributed by atoms with Gasteiger partial charge in [-0.1, -0.05) is 5.21 Å². The second-order valence-corrected chi connectivity index (χ2v) is 8.35. The lowest BCUT2D eigenvalue weighted by Gasteiger charge is -2.14. The zero-order chi connectivity index (χ0) is 24.1. The molecule has 34 heavy (non-hydrogen) atoms. The van der Waals surface area contributed by atoms with Gasteiger partial charge in [0.05, 0.1) is 42.2 Å². The number of thiazole rings is 1. The van der Waals surface area contributed by atoms with E-state index in [9.17, 15) is 18.8 Å². The monoisotopic (exact) mass is 487 g/mol. The van der Waals surface area contributed by atoms with Crippen LogP contribution in [-0.2, 0) is 36.8 Å². The number of esters is 1. The van der Waals surface area contributed by atoms with Gasteiger partial charge in [-0.05, 0) is 31.2 Å². The first-order valence-electron chi connectivity index (χ1n) is 10.6. The van der Waals surface area contributed by atoms with E-state index in [2.05, 4.69) is 20.6 Å². The third kappa shape index (κ3) is 5.88. The first-order chi connectivity index (χ1) is 16.4. The van der Waals surface area contributed by atoms with Gasteiger partial charge in [0.2, 0.25) is 5.91 Å². The van der Waals surface area contributed by atoms with Crippen LogP contribution < -0.4 is 5.32 Å². The first-order valence-corrected chi connectivity index (χ1v) is 11.6. The Bertz CT molecular complexity index is 1150. The summed E-state index contributed by atoms with van der Waals surface area (Å²) in [5.74, 6) is -2.33. The largest absolute Gasteiger partial charge is 0.464 e. The van der Waals surface area contributed by atoms with Gasteiger partial charge in [0, 0.05) is 18.2 Å². The standard InChI is InChI=1S/C22H22FN5O5S/c1-2-32-22(31)20-19(33-20)18(29)8-13(7-15-11-34-12-25-15)21(30)24-9-16-10-28(27-26-16)17-5-3-14(23)4-6-17/h3-6,10-13,19-20H,2,7-9H2,1H3,(H,24,30)/t13-,19-,20+/m1/s1. The average molecular weight is 488 g/mol. The number of Topliss-reactive ketones (excluding diaryl/α,β-unsaturated/α-hetero) is 1. The molecule has 0 bridgehead atoms. The van der Waals surface area contributed by atoms with Crippen molar-refractivity contribution < 1.29 is 28.2 Å². The molecule has 1 saturated heterocycles. The highest BCUT2D eigenvalue weighted by molar-refractivity contribution is 7.07. The number of ether oxygens (including phenoxy) is 2. The lowest BCUT2D eigenvalue weighted by Crippen LogP contribution is -2.34. The van der Waals surface area contributed by atoms with Crippen molar-refractivity contribution >= 4 is 29.0 Å². The maximum atomic E-state index is 13.1. The minimum absolute atomic E-state index is 0.0904. The molecule has 1 aliphatic rings. The second kappa shape index (κ2) is 10.6. The molecular weight excluding hydrogens is 465 g/mol. The summed E-state index contributed by atoms with van der Waals surface area (Å²) in [5.41, 5.74) is 3.46. The Morgan fingerprint density at radius 2 is 2.03 bits per heavy atom. The number of nitrogens with one attached hydrogen (secondary N) is 1. The van der Waals surface area contributed by atoms with Crippen molar-refractivity contribution in [3.05, 3.63) is 58.6 Å². The number of benzene rings is 1. The molecule has 0 aliphatic carbocycles. The molecule has 0 saturated carbocycles. The van der Waals surface area contributed by atoms with E-state index < -0.39 is 24.1 Å². The number of ketones is 1. The van der Waals surface area contributed by atoms with Crippen molar-refractivity contribution in [3.63, 3.8) is 0 Å². The van der Waals surface area contributed by atoms with E-state index in [1.54, 1.807) is 30.8 Å². The van der Waals surface area contributed by atoms with Crippen LogP contribution in [0.4, 0.5) is 4.39 Å². The lowest BCUT2D eigenvalue weighted by molar-refractivity contribution is -0.144. The van der Waals surface area contributed by atoms with Crippen molar-refractivity contribution in [1.29, 1.82) is 0 Å². The molecule has 0 radical (unpaired) electrons. The van der Waals surface area contributed by atoms with E-state index >= 15 is 0 Å². The number of nitrogens with zero attached hydrogens (tertiary/aromatic N) is 4. The van der Waals surface area contributed by atoms with Gasteiger partial charge in [-0.15, -0.1) is 16.4 Å². The Kier molecular flexibility index (Phi) is 7.38. The Labute approximate surface area is 198 Å². The number of hydrogen-bond donors (Lipinski definition) is 1. The molecule has 3 aromatic rings. The third-order valence-electron chi connectivity index (χ3n) is 5.16. The Balaban J connectivity index is 1.36. The predicted molar refractivity (Wildman–Crippen MR) is 117 cm³/mol. The van der Waals surface area contributed by atoms with E-state index in [4.69, 9.17) is 9.47 Å². The van der Waals surface area contributed by atoms with Crippen LogP contribution in [0.1, 0.15) is 24.7 Å². The molecule has 12 heteroatoms. The zero-order valence-electron chi connectivity index (χ0n) is 18.2. The summed E-state index contributed by atoms with van der Waals surface area (Å²) < 4.78 is 24.6. The van der Waals surface area contributed by atoms with Crippen LogP contribution in [0.5, 0.6) is 0 Å². The minimum atomic E-state index is -0.906. The van der Waals surface area contributed by atoms with Gasteiger partial charge in [-0.25, -0.2) is 18.9 Å². The van der Waals surface area contributed by atoms with E-state index in [1.165, 1.54) is 28.2 Å². The maximum Gasteiger partial charge on any atom is 0.338 e. The summed E-state index contributed by atoms with van der Waals surface area (Å²) in [4.78, 5) is 41.5. The summed E-state index contributed by atoms with van der Waals surface area (Å²) in [6.07, 6.45) is -0.0140. The van der Waals surface area contributed by atoms with Gasteiger partial charge < -0.3 is 14.8 Å². The van der Waals surface area contributed by atoms with E-state index in [0.717, 1.165) is 0 Å².